The van der Waals surface area contributed by atoms with Gasteiger partial charge >= 0.3 is 11.7 Å². The maximum absolute atomic E-state index is 13.5. The Kier molecular flexibility index (Phi) is 6.32. The van der Waals surface area contributed by atoms with Gasteiger partial charge in [0.1, 0.15) is 11.5 Å². The number of benzene rings is 4. The zero-order chi connectivity index (χ0) is 26.4. The topological polar surface area (TPSA) is 62.5 Å². The van der Waals surface area contributed by atoms with Crippen LogP contribution in [0.3, 0.4) is 0 Å². The second-order valence-corrected chi connectivity index (χ2v) is 11.0. The molecule has 6 nitrogen and oxygen atoms in total. The molecule has 0 saturated carbocycles. The molecule has 1 aliphatic rings. The molecule has 2 heterocycles. The molecule has 0 saturated heterocycles. The van der Waals surface area contributed by atoms with Gasteiger partial charge in [0.2, 0.25) is 0 Å². The Labute approximate surface area is 228 Å². The van der Waals surface area contributed by atoms with E-state index in [-0.39, 0.29) is 22.4 Å². The molecular formula is C31H27BrN2O4. The Morgan fingerprint density at radius 1 is 0.974 bits per heavy atom. The predicted octanol–water partition coefficient (Wildman–Crippen LogP) is 6.12. The lowest BCUT2D eigenvalue weighted by molar-refractivity contribution is -0.139. The van der Waals surface area contributed by atoms with Gasteiger partial charge in [0.15, 0.2) is 0 Å². The molecule has 6 rings (SSSR count). The van der Waals surface area contributed by atoms with Crippen LogP contribution < -0.4 is 15.2 Å². The maximum atomic E-state index is 13.5. The number of hydrogen-bond acceptors (Lipinski definition) is 4. The molecule has 0 fully saturated rings. The van der Waals surface area contributed by atoms with Crippen LogP contribution in [0.4, 0.5) is 0 Å². The molecule has 38 heavy (non-hydrogen) atoms. The van der Waals surface area contributed by atoms with E-state index in [0.29, 0.717) is 18.8 Å². The fourth-order valence-corrected chi connectivity index (χ4v) is 6.61. The second kappa shape index (κ2) is 9.80. The summed E-state index contributed by atoms with van der Waals surface area (Å²) < 4.78 is 14.8. The summed E-state index contributed by atoms with van der Waals surface area (Å²) in [6, 6.07) is 27.3. The molecule has 0 bridgehead atoms. The summed E-state index contributed by atoms with van der Waals surface area (Å²) in [6.07, 6.45) is 0. The van der Waals surface area contributed by atoms with Crippen LogP contribution in [0.25, 0.3) is 21.8 Å². The van der Waals surface area contributed by atoms with Crippen molar-refractivity contribution in [3.8, 4) is 11.5 Å². The molecule has 3 atom stereocenters. The third-order valence-corrected chi connectivity index (χ3v) is 8.36. The Bertz CT molecular complexity index is 1720. The molecule has 192 valence electrons. The summed E-state index contributed by atoms with van der Waals surface area (Å²) in [7, 11) is 1.64. The summed E-state index contributed by atoms with van der Waals surface area (Å²) in [5.41, 5.74) is 3.78. The molecule has 0 unspecified atom stereocenters. The number of rotatable bonds is 6. The monoisotopic (exact) mass is 570 g/mol. The minimum Gasteiger partial charge on any atom is -0.497 e. The van der Waals surface area contributed by atoms with Gasteiger partial charge in [0, 0.05) is 17.3 Å². The highest BCUT2D eigenvalue weighted by atomic mass is 79.9. The second-order valence-electron chi connectivity index (χ2n) is 9.81. The summed E-state index contributed by atoms with van der Waals surface area (Å²) in [6.45, 7) is 2.88. The number of methoxy groups -OCH3 is 1. The van der Waals surface area contributed by atoms with Crippen molar-refractivity contribution in [2.45, 2.75) is 30.8 Å². The molecule has 0 N–H and O–H groups in total. The summed E-state index contributed by atoms with van der Waals surface area (Å²) in [5.74, 6) is 0.400. The van der Waals surface area contributed by atoms with E-state index in [1.165, 1.54) is 0 Å². The lowest BCUT2D eigenvalue weighted by Gasteiger charge is -2.32. The van der Waals surface area contributed by atoms with Gasteiger partial charge in [0.25, 0.3) is 0 Å². The first-order chi connectivity index (χ1) is 18.4. The minimum atomic E-state index is -0.433. The van der Waals surface area contributed by atoms with Crippen molar-refractivity contribution in [3.63, 3.8) is 0 Å². The van der Waals surface area contributed by atoms with E-state index in [1.807, 2.05) is 94.9 Å². The predicted molar refractivity (Wildman–Crippen MR) is 152 cm³/mol. The Hall–Kier alpha value is -3.84. The fraction of sp³-hybridized carbons (Fsp3) is 0.226. The van der Waals surface area contributed by atoms with Crippen LogP contribution in [-0.2, 0) is 17.9 Å². The third-order valence-electron chi connectivity index (χ3n) is 7.51. The first-order valence-electron chi connectivity index (χ1n) is 12.6. The van der Waals surface area contributed by atoms with Gasteiger partial charge < -0.3 is 9.47 Å². The number of fused-ring (bicyclic) bond motifs is 1. The molecule has 0 radical (unpaired) electrons. The van der Waals surface area contributed by atoms with Gasteiger partial charge in [-0.25, -0.2) is 4.79 Å². The van der Waals surface area contributed by atoms with Gasteiger partial charge in [-0.1, -0.05) is 77.5 Å². The highest BCUT2D eigenvalue weighted by Gasteiger charge is 2.38. The van der Waals surface area contributed by atoms with E-state index >= 15 is 0 Å². The van der Waals surface area contributed by atoms with Crippen LogP contribution in [0.5, 0.6) is 11.5 Å². The lowest BCUT2D eigenvalue weighted by Crippen LogP contribution is -2.37. The van der Waals surface area contributed by atoms with Crippen molar-refractivity contribution < 1.29 is 14.3 Å². The van der Waals surface area contributed by atoms with Crippen molar-refractivity contribution in [1.82, 2.24) is 9.13 Å². The molecule has 1 aliphatic heterocycles. The number of imidazole rings is 1. The number of alkyl halides is 1. The molecule has 1 aromatic heterocycles. The van der Waals surface area contributed by atoms with E-state index in [9.17, 15) is 9.59 Å². The SMILES string of the molecule is COc1ccc2cc(OC(=O)[C@H](C)[C@H]3c4cccc5c4n(c(=O)n5Cc4ccccc4)C[C@H]3Br)ccc2c1. The first-order valence-corrected chi connectivity index (χ1v) is 13.6. The van der Waals surface area contributed by atoms with Gasteiger partial charge in [0.05, 0.1) is 30.6 Å². The standard InChI is InChI=1S/C31H27BrN2O4/c1-19(30(35)38-24-14-12-21-15-23(37-2)13-11-22(21)16-24)28-25-9-6-10-27-29(25)34(18-26(28)32)31(36)33(27)17-20-7-4-3-5-8-20/h3-16,19,26,28H,17-18H2,1-2H3/t19-,26-,28+/m1/s1. The van der Waals surface area contributed by atoms with Crippen molar-refractivity contribution in [3.05, 3.63) is 107 Å². The molecule has 0 amide bonds. The number of nitrogens with zero attached hydrogens (tertiary/aromatic N) is 2. The average molecular weight is 571 g/mol. The number of carbonyl (C=O) groups is 1. The van der Waals surface area contributed by atoms with Crippen LogP contribution in [-0.4, -0.2) is 27.0 Å². The van der Waals surface area contributed by atoms with Gasteiger partial charge in [-0.05, 0) is 52.2 Å². The zero-order valence-corrected chi connectivity index (χ0v) is 22.7. The van der Waals surface area contributed by atoms with Crippen LogP contribution in [0.2, 0.25) is 0 Å². The number of esters is 1. The Morgan fingerprint density at radius 3 is 2.42 bits per heavy atom. The highest BCUT2D eigenvalue weighted by molar-refractivity contribution is 9.09. The fourth-order valence-electron chi connectivity index (χ4n) is 5.58. The highest BCUT2D eigenvalue weighted by Crippen LogP contribution is 2.41. The van der Waals surface area contributed by atoms with E-state index in [0.717, 1.165) is 38.7 Å². The number of hydrogen-bond donors (Lipinski definition) is 0. The Balaban J connectivity index is 1.32. The number of carbonyl (C=O) groups excluding carboxylic acids is 1. The maximum Gasteiger partial charge on any atom is 0.329 e. The normalized spacial score (nSPS) is 17.4. The smallest absolute Gasteiger partial charge is 0.329 e. The lowest BCUT2D eigenvalue weighted by atomic mass is 9.82. The summed E-state index contributed by atoms with van der Waals surface area (Å²) in [4.78, 5) is 26.8. The van der Waals surface area contributed by atoms with Crippen molar-refractivity contribution in [2.75, 3.05) is 7.11 Å². The van der Waals surface area contributed by atoms with Gasteiger partial charge in [-0.3, -0.25) is 13.9 Å². The van der Waals surface area contributed by atoms with E-state index in [4.69, 9.17) is 9.47 Å². The van der Waals surface area contributed by atoms with E-state index in [2.05, 4.69) is 15.9 Å². The van der Waals surface area contributed by atoms with Crippen molar-refractivity contribution >= 4 is 43.7 Å². The third kappa shape index (κ3) is 4.21. The van der Waals surface area contributed by atoms with Gasteiger partial charge in [-0.15, -0.1) is 0 Å². The summed E-state index contributed by atoms with van der Waals surface area (Å²) >= 11 is 3.81. The largest absolute Gasteiger partial charge is 0.497 e. The molecule has 4 aromatic carbocycles. The minimum absolute atomic E-state index is 0.0396. The molecular weight excluding hydrogens is 544 g/mol. The molecule has 0 aliphatic carbocycles. The number of para-hydroxylation sites is 1. The van der Waals surface area contributed by atoms with Gasteiger partial charge in [-0.2, -0.15) is 0 Å². The summed E-state index contributed by atoms with van der Waals surface area (Å²) in [5, 5.41) is 1.97. The van der Waals surface area contributed by atoms with E-state index in [1.54, 1.807) is 13.2 Å². The van der Waals surface area contributed by atoms with E-state index < -0.39 is 5.92 Å². The Morgan fingerprint density at radius 2 is 1.68 bits per heavy atom. The quantitative estimate of drug-likeness (QED) is 0.140. The zero-order valence-electron chi connectivity index (χ0n) is 21.1. The number of ether oxygens (including phenoxy) is 2. The molecule has 0 spiro atoms. The number of halogens is 1. The average Bonchev–Trinajstić information content (AvgIpc) is 3.20. The van der Waals surface area contributed by atoms with Crippen LogP contribution in [0, 0.1) is 5.92 Å². The first kappa shape index (κ1) is 24.5. The van der Waals surface area contributed by atoms with Crippen molar-refractivity contribution in [2.24, 2.45) is 5.92 Å². The van der Waals surface area contributed by atoms with Crippen LogP contribution in [0.1, 0.15) is 24.0 Å². The van der Waals surface area contributed by atoms with Crippen LogP contribution in [0.15, 0.2) is 89.7 Å². The number of aromatic nitrogens is 2. The molecule has 5 aromatic rings. The molecule has 7 heteroatoms. The van der Waals surface area contributed by atoms with Crippen molar-refractivity contribution in [1.29, 1.82) is 0 Å². The van der Waals surface area contributed by atoms with Crippen LogP contribution >= 0.6 is 15.9 Å².